The Morgan fingerprint density at radius 1 is 1.37 bits per heavy atom. The number of non-ortho nitro benzene ring substituents is 1. The second-order valence-electron chi connectivity index (χ2n) is 5.21. The summed E-state index contributed by atoms with van der Waals surface area (Å²) in [5, 5.41) is 13.8. The first kappa shape index (κ1) is 12.3. The molecular formula is C13H16FN3O2. The molecule has 0 saturated carbocycles. The third-order valence-electron chi connectivity index (χ3n) is 4.11. The van der Waals surface area contributed by atoms with Gasteiger partial charge in [-0.25, -0.2) is 4.39 Å². The highest BCUT2D eigenvalue weighted by Gasteiger charge is 2.37. The van der Waals surface area contributed by atoms with Crippen molar-refractivity contribution >= 4 is 11.4 Å². The van der Waals surface area contributed by atoms with Crippen molar-refractivity contribution in [3.05, 3.63) is 34.1 Å². The number of anilines is 1. The van der Waals surface area contributed by atoms with Gasteiger partial charge in [-0.3, -0.25) is 15.0 Å². The summed E-state index contributed by atoms with van der Waals surface area (Å²) in [4.78, 5) is 12.4. The van der Waals surface area contributed by atoms with Gasteiger partial charge in [-0.2, -0.15) is 0 Å². The zero-order valence-electron chi connectivity index (χ0n) is 10.5. The van der Waals surface area contributed by atoms with Crippen LogP contribution >= 0.6 is 0 Å². The molecule has 0 bridgehead atoms. The minimum Gasteiger partial charge on any atom is -0.378 e. The van der Waals surface area contributed by atoms with Gasteiger partial charge in [-0.05, 0) is 31.9 Å². The molecular weight excluding hydrogens is 249 g/mol. The number of hydrogen-bond donors (Lipinski definition) is 1. The highest BCUT2D eigenvalue weighted by molar-refractivity contribution is 5.51. The summed E-state index contributed by atoms with van der Waals surface area (Å²) in [7, 11) is 0. The summed E-state index contributed by atoms with van der Waals surface area (Å²) in [6.45, 7) is 2.18. The molecule has 102 valence electrons. The normalized spacial score (nSPS) is 26.4. The summed E-state index contributed by atoms with van der Waals surface area (Å²) < 4.78 is 13.8. The van der Waals surface area contributed by atoms with Gasteiger partial charge in [0, 0.05) is 24.7 Å². The molecule has 2 heterocycles. The third-order valence-corrected chi connectivity index (χ3v) is 4.11. The second kappa shape index (κ2) is 4.77. The zero-order chi connectivity index (χ0) is 13.4. The maximum Gasteiger partial charge on any atom is 0.272 e. The van der Waals surface area contributed by atoms with Crippen molar-refractivity contribution in [3.8, 4) is 0 Å². The largest absolute Gasteiger partial charge is 0.378 e. The molecule has 2 saturated heterocycles. The molecule has 2 aliphatic heterocycles. The number of nitro groups is 1. The molecule has 2 unspecified atom stereocenters. The van der Waals surface area contributed by atoms with E-state index in [1.807, 2.05) is 0 Å². The fourth-order valence-corrected chi connectivity index (χ4v) is 3.19. The maximum absolute atomic E-state index is 13.8. The average molecular weight is 265 g/mol. The fraction of sp³-hybridized carbons (Fsp3) is 0.538. The number of rotatable bonds is 3. The zero-order valence-corrected chi connectivity index (χ0v) is 10.5. The lowest BCUT2D eigenvalue weighted by atomic mass is 10.1. The van der Waals surface area contributed by atoms with Crippen LogP contribution in [0.4, 0.5) is 15.8 Å². The predicted molar refractivity (Wildman–Crippen MR) is 69.7 cm³/mol. The standard InChI is InChI=1S/C13H16FN3O2/c14-10-8-9(17(18)19)3-4-11(10)15-12-5-7-16-6-1-2-13(12)16/h3-4,8,12-13,15H,1-2,5-7H2. The van der Waals surface area contributed by atoms with Crippen LogP contribution in [0.25, 0.3) is 0 Å². The highest BCUT2D eigenvalue weighted by Crippen LogP contribution is 2.31. The first-order chi connectivity index (χ1) is 9.15. The molecule has 2 atom stereocenters. The van der Waals surface area contributed by atoms with E-state index in [1.54, 1.807) is 0 Å². The van der Waals surface area contributed by atoms with E-state index in [4.69, 9.17) is 0 Å². The Morgan fingerprint density at radius 3 is 2.95 bits per heavy atom. The van der Waals surface area contributed by atoms with E-state index in [-0.39, 0.29) is 11.7 Å². The molecule has 1 aromatic rings. The summed E-state index contributed by atoms with van der Waals surface area (Å²) >= 11 is 0. The summed E-state index contributed by atoms with van der Waals surface area (Å²) in [6, 6.07) is 4.51. The summed E-state index contributed by atoms with van der Waals surface area (Å²) in [5.41, 5.74) is 0.154. The summed E-state index contributed by atoms with van der Waals surface area (Å²) in [6.07, 6.45) is 3.35. The smallest absolute Gasteiger partial charge is 0.272 e. The van der Waals surface area contributed by atoms with Crippen LogP contribution in [0.15, 0.2) is 18.2 Å². The molecule has 2 aliphatic rings. The van der Waals surface area contributed by atoms with Crippen LogP contribution in [0.1, 0.15) is 19.3 Å². The molecule has 0 amide bonds. The molecule has 3 rings (SSSR count). The van der Waals surface area contributed by atoms with E-state index < -0.39 is 10.7 Å². The molecule has 0 aromatic heterocycles. The highest BCUT2D eigenvalue weighted by atomic mass is 19.1. The van der Waals surface area contributed by atoms with Gasteiger partial charge < -0.3 is 5.32 Å². The SMILES string of the molecule is O=[N+]([O-])c1ccc(NC2CCN3CCCC23)c(F)c1. The number of nitrogens with zero attached hydrogens (tertiary/aromatic N) is 2. The topological polar surface area (TPSA) is 58.4 Å². The molecule has 0 aliphatic carbocycles. The minimum absolute atomic E-state index is 0.211. The first-order valence-electron chi connectivity index (χ1n) is 6.59. The molecule has 1 aromatic carbocycles. The summed E-state index contributed by atoms with van der Waals surface area (Å²) in [5.74, 6) is -0.550. The molecule has 1 N–H and O–H groups in total. The van der Waals surface area contributed by atoms with Gasteiger partial charge in [0.05, 0.1) is 16.7 Å². The minimum atomic E-state index is -0.582. The van der Waals surface area contributed by atoms with Crippen LogP contribution in [0.2, 0.25) is 0 Å². The second-order valence-corrected chi connectivity index (χ2v) is 5.21. The van der Waals surface area contributed by atoms with Crippen molar-refractivity contribution in [1.29, 1.82) is 0 Å². The van der Waals surface area contributed by atoms with E-state index in [0.717, 1.165) is 32.0 Å². The number of nitro benzene ring substituents is 1. The average Bonchev–Trinajstić information content (AvgIpc) is 2.96. The van der Waals surface area contributed by atoms with Crippen LogP contribution in [0.3, 0.4) is 0 Å². The number of benzene rings is 1. The Morgan fingerprint density at radius 2 is 2.21 bits per heavy atom. The molecule has 2 fully saturated rings. The van der Waals surface area contributed by atoms with Crippen molar-refractivity contribution in [2.75, 3.05) is 18.4 Å². The molecule has 19 heavy (non-hydrogen) atoms. The fourth-order valence-electron chi connectivity index (χ4n) is 3.19. The molecule has 0 spiro atoms. The van der Waals surface area contributed by atoms with E-state index in [0.29, 0.717) is 11.7 Å². The Hall–Kier alpha value is -1.69. The van der Waals surface area contributed by atoms with Crippen LogP contribution in [0.5, 0.6) is 0 Å². The van der Waals surface area contributed by atoms with Gasteiger partial charge >= 0.3 is 0 Å². The first-order valence-corrected chi connectivity index (χ1v) is 6.59. The van der Waals surface area contributed by atoms with Crippen molar-refractivity contribution in [3.63, 3.8) is 0 Å². The Balaban J connectivity index is 1.75. The molecule has 6 heteroatoms. The Kier molecular flexibility index (Phi) is 3.10. The van der Waals surface area contributed by atoms with Crippen molar-refractivity contribution in [1.82, 2.24) is 4.90 Å². The Labute approximate surface area is 110 Å². The van der Waals surface area contributed by atoms with E-state index >= 15 is 0 Å². The Bertz CT molecular complexity index is 509. The van der Waals surface area contributed by atoms with Gasteiger partial charge in [0.15, 0.2) is 5.82 Å². The number of fused-ring (bicyclic) bond motifs is 1. The van der Waals surface area contributed by atoms with Crippen LogP contribution < -0.4 is 5.32 Å². The lowest BCUT2D eigenvalue weighted by molar-refractivity contribution is -0.385. The quantitative estimate of drug-likeness (QED) is 0.673. The van der Waals surface area contributed by atoms with E-state index in [2.05, 4.69) is 10.2 Å². The van der Waals surface area contributed by atoms with Crippen LogP contribution in [-0.4, -0.2) is 35.0 Å². The van der Waals surface area contributed by atoms with Crippen molar-refractivity contribution in [2.24, 2.45) is 0 Å². The van der Waals surface area contributed by atoms with E-state index in [9.17, 15) is 14.5 Å². The van der Waals surface area contributed by atoms with Crippen molar-refractivity contribution < 1.29 is 9.31 Å². The van der Waals surface area contributed by atoms with Gasteiger partial charge in [-0.15, -0.1) is 0 Å². The number of hydrogen-bond acceptors (Lipinski definition) is 4. The molecule has 0 radical (unpaired) electrons. The predicted octanol–water partition coefficient (Wildman–Crippen LogP) is 2.38. The molecule has 5 nitrogen and oxygen atoms in total. The van der Waals surface area contributed by atoms with Crippen molar-refractivity contribution in [2.45, 2.75) is 31.3 Å². The third kappa shape index (κ3) is 2.28. The van der Waals surface area contributed by atoms with E-state index in [1.165, 1.54) is 18.6 Å². The van der Waals surface area contributed by atoms with Gasteiger partial charge in [0.25, 0.3) is 5.69 Å². The van der Waals surface area contributed by atoms with Gasteiger partial charge in [0.1, 0.15) is 0 Å². The maximum atomic E-state index is 13.8. The van der Waals surface area contributed by atoms with Gasteiger partial charge in [-0.1, -0.05) is 0 Å². The monoisotopic (exact) mass is 265 g/mol. The van der Waals surface area contributed by atoms with Crippen LogP contribution in [-0.2, 0) is 0 Å². The van der Waals surface area contributed by atoms with Gasteiger partial charge in [0.2, 0.25) is 0 Å². The lowest BCUT2D eigenvalue weighted by Gasteiger charge is -2.22. The number of halogens is 1. The number of nitrogens with one attached hydrogen (secondary N) is 1. The van der Waals surface area contributed by atoms with Crippen LogP contribution in [0, 0.1) is 15.9 Å². The lowest BCUT2D eigenvalue weighted by Crippen LogP contribution is -2.33.